The molecule has 1 unspecified atom stereocenters. The van der Waals surface area contributed by atoms with Crippen molar-refractivity contribution in [3.63, 3.8) is 0 Å². The predicted molar refractivity (Wildman–Crippen MR) is 117 cm³/mol. The third kappa shape index (κ3) is 5.86. The lowest BCUT2D eigenvalue weighted by molar-refractivity contribution is 0.607. The Balaban J connectivity index is 1.57. The molecular weight excluding hydrogens is 324 g/mol. The maximum absolute atomic E-state index is 3.40. The number of hydrogen-bond acceptors (Lipinski definition) is 0. The van der Waals surface area contributed by atoms with Crippen LogP contribution in [0.4, 0.5) is 0 Å². The van der Waals surface area contributed by atoms with Crippen molar-refractivity contribution in [2.45, 2.75) is 71.1 Å². The highest BCUT2D eigenvalue weighted by atomic mass is 14.2. The van der Waals surface area contributed by atoms with Gasteiger partial charge in [-0.1, -0.05) is 81.0 Å². The zero-order valence-corrected chi connectivity index (χ0v) is 16.9. The smallest absolute Gasteiger partial charge is 0.0249 e. The van der Waals surface area contributed by atoms with Gasteiger partial charge in [-0.25, -0.2) is 0 Å². The molecular formula is C27H32. The molecule has 1 aliphatic rings. The minimum Gasteiger partial charge on any atom is -0.0723 e. The topological polar surface area (TPSA) is 0 Å². The first kappa shape index (κ1) is 19.5. The maximum atomic E-state index is 3.40. The van der Waals surface area contributed by atoms with Gasteiger partial charge in [0.15, 0.2) is 0 Å². The number of allylic oxidation sites excluding steroid dienone is 2. The molecule has 140 valence electrons. The summed E-state index contributed by atoms with van der Waals surface area (Å²) in [4.78, 5) is 0. The number of hydrogen-bond donors (Lipinski definition) is 0. The Hall–Kier alpha value is -2.26. The Labute approximate surface area is 165 Å². The molecule has 0 radical (unpaired) electrons. The van der Waals surface area contributed by atoms with Crippen LogP contribution in [0.2, 0.25) is 0 Å². The van der Waals surface area contributed by atoms with E-state index >= 15 is 0 Å². The Morgan fingerprint density at radius 2 is 1.52 bits per heavy atom. The molecule has 0 spiro atoms. The maximum Gasteiger partial charge on any atom is 0.0249 e. The summed E-state index contributed by atoms with van der Waals surface area (Å²) in [6.45, 7) is 4.47. The fraction of sp³-hybridized carbons (Fsp3) is 0.407. The van der Waals surface area contributed by atoms with E-state index < -0.39 is 0 Å². The van der Waals surface area contributed by atoms with Gasteiger partial charge in [-0.05, 0) is 78.8 Å². The summed E-state index contributed by atoms with van der Waals surface area (Å²) < 4.78 is 0. The number of aryl methyl sites for hydroxylation is 2. The SMILES string of the molecule is CCCCc1ccc(C2CC=C(C#Cc3ccc(CCC)cc3)CC2)cc1. The van der Waals surface area contributed by atoms with Crippen LogP contribution in [0, 0.1) is 11.8 Å². The molecule has 0 saturated carbocycles. The Morgan fingerprint density at radius 3 is 2.15 bits per heavy atom. The van der Waals surface area contributed by atoms with Crippen molar-refractivity contribution in [3.8, 4) is 11.8 Å². The van der Waals surface area contributed by atoms with E-state index in [-0.39, 0.29) is 0 Å². The summed E-state index contributed by atoms with van der Waals surface area (Å²) in [5, 5.41) is 0. The molecule has 1 aliphatic carbocycles. The minimum atomic E-state index is 0.657. The zero-order valence-electron chi connectivity index (χ0n) is 16.9. The molecule has 0 heteroatoms. The van der Waals surface area contributed by atoms with E-state index in [1.165, 1.54) is 54.4 Å². The van der Waals surface area contributed by atoms with Gasteiger partial charge in [0.25, 0.3) is 0 Å². The first-order chi connectivity index (χ1) is 13.3. The highest BCUT2D eigenvalue weighted by molar-refractivity contribution is 5.42. The summed E-state index contributed by atoms with van der Waals surface area (Å²) in [6, 6.07) is 18.1. The fourth-order valence-corrected chi connectivity index (χ4v) is 3.78. The molecule has 0 aliphatic heterocycles. The van der Waals surface area contributed by atoms with Crippen molar-refractivity contribution in [2.75, 3.05) is 0 Å². The number of rotatable bonds is 6. The van der Waals surface area contributed by atoms with Crippen LogP contribution in [0.3, 0.4) is 0 Å². The second-order valence-electron chi connectivity index (χ2n) is 7.74. The monoisotopic (exact) mass is 356 g/mol. The molecule has 0 aromatic heterocycles. The summed E-state index contributed by atoms with van der Waals surface area (Å²) in [6.07, 6.45) is 11.9. The second kappa shape index (κ2) is 10.2. The Bertz CT molecular complexity index is 794. The quantitative estimate of drug-likeness (QED) is 0.479. The number of unbranched alkanes of at least 4 members (excludes halogenated alkanes) is 1. The van der Waals surface area contributed by atoms with Crippen molar-refractivity contribution in [3.05, 3.63) is 82.4 Å². The lowest BCUT2D eigenvalue weighted by Gasteiger charge is -2.20. The van der Waals surface area contributed by atoms with Gasteiger partial charge >= 0.3 is 0 Å². The van der Waals surface area contributed by atoms with Gasteiger partial charge in [0, 0.05) is 5.56 Å². The van der Waals surface area contributed by atoms with Crippen molar-refractivity contribution < 1.29 is 0 Å². The van der Waals surface area contributed by atoms with Gasteiger partial charge in [-0.3, -0.25) is 0 Å². The molecule has 0 bridgehead atoms. The van der Waals surface area contributed by atoms with Gasteiger partial charge in [0.1, 0.15) is 0 Å². The van der Waals surface area contributed by atoms with E-state index in [0.29, 0.717) is 5.92 Å². The fourth-order valence-electron chi connectivity index (χ4n) is 3.78. The molecule has 0 amide bonds. The average Bonchev–Trinajstić information content (AvgIpc) is 2.73. The van der Waals surface area contributed by atoms with Crippen LogP contribution in [-0.4, -0.2) is 0 Å². The molecule has 2 aromatic rings. The lowest BCUT2D eigenvalue weighted by atomic mass is 9.84. The molecule has 0 fully saturated rings. The lowest BCUT2D eigenvalue weighted by Crippen LogP contribution is -2.04. The largest absolute Gasteiger partial charge is 0.0723 e. The number of benzene rings is 2. The van der Waals surface area contributed by atoms with Crippen LogP contribution in [0.1, 0.15) is 80.5 Å². The van der Waals surface area contributed by atoms with Crippen molar-refractivity contribution in [1.82, 2.24) is 0 Å². The van der Waals surface area contributed by atoms with Crippen LogP contribution >= 0.6 is 0 Å². The minimum absolute atomic E-state index is 0.657. The molecule has 0 saturated heterocycles. The van der Waals surface area contributed by atoms with Crippen molar-refractivity contribution >= 4 is 0 Å². The van der Waals surface area contributed by atoms with E-state index in [0.717, 1.165) is 24.8 Å². The third-order valence-electron chi connectivity index (χ3n) is 5.54. The molecule has 3 rings (SSSR count). The first-order valence-corrected chi connectivity index (χ1v) is 10.7. The zero-order chi connectivity index (χ0) is 18.9. The molecule has 0 nitrogen and oxygen atoms in total. The van der Waals surface area contributed by atoms with Gasteiger partial charge in [-0.15, -0.1) is 0 Å². The van der Waals surface area contributed by atoms with Gasteiger partial charge < -0.3 is 0 Å². The molecule has 1 atom stereocenters. The van der Waals surface area contributed by atoms with Crippen molar-refractivity contribution in [1.29, 1.82) is 0 Å². The van der Waals surface area contributed by atoms with Gasteiger partial charge in [0.05, 0.1) is 0 Å². The summed E-state index contributed by atoms with van der Waals surface area (Å²) in [5.74, 6) is 7.41. The summed E-state index contributed by atoms with van der Waals surface area (Å²) in [5.41, 5.74) is 6.81. The van der Waals surface area contributed by atoms with Crippen LogP contribution in [0.15, 0.2) is 60.2 Å². The van der Waals surface area contributed by atoms with Crippen LogP contribution in [0.25, 0.3) is 0 Å². The van der Waals surface area contributed by atoms with Gasteiger partial charge in [0.2, 0.25) is 0 Å². The van der Waals surface area contributed by atoms with Crippen molar-refractivity contribution in [2.24, 2.45) is 0 Å². The standard InChI is InChI=1S/C27H32/c1-3-5-7-23-14-18-26(19-15-23)27-20-16-25(17-21-27)13-12-24-10-8-22(6-4-2)9-11-24/h8-11,14-16,18-19,27H,3-7,17,20-21H2,1-2H3. The highest BCUT2D eigenvalue weighted by Gasteiger charge is 2.15. The van der Waals surface area contributed by atoms with E-state index in [1.54, 1.807) is 0 Å². The van der Waals surface area contributed by atoms with E-state index in [4.69, 9.17) is 0 Å². The predicted octanol–water partition coefficient (Wildman–Crippen LogP) is 7.23. The van der Waals surface area contributed by atoms with Crippen LogP contribution < -0.4 is 0 Å². The van der Waals surface area contributed by atoms with E-state index in [1.807, 2.05) is 0 Å². The third-order valence-corrected chi connectivity index (χ3v) is 5.54. The summed E-state index contributed by atoms with van der Waals surface area (Å²) >= 11 is 0. The van der Waals surface area contributed by atoms with Gasteiger partial charge in [-0.2, -0.15) is 0 Å². The average molecular weight is 357 g/mol. The highest BCUT2D eigenvalue weighted by Crippen LogP contribution is 2.32. The molecule has 0 N–H and O–H groups in total. The molecule has 0 heterocycles. The Morgan fingerprint density at radius 1 is 0.815 bits per heavy atom. The van der Waals surface area contributed by atoms with E-state index in [9.17, 15) is 0 Å². The normalized spacial score (nSPS) is 16.4. The Kier molecular flexibility index (Phi) is 7.35. The van der Waals surface area contributed by atoms with Crippen LogP contribution in [-0.2, 0) is 12.8 Å². The van der Waals surface area contributed by atoms with Crippen LogP contribution in [0.5, 0.6) is 0 Å². The first-order valence-electron chi connectivity index (χ1n) is 10.7. The second-order valence-corrected chi connectivity index (χ2v) is 7.74. The summed E-state index contributed by atoms with van der Waals surface area (Å²) in [7, 11) is 0. The molecule has 27 heavy (non-hydrogen) atoms. The van der Waals surface area contributed by atoms with E-state index in [2.05, 4.69) is 80.3 Å². The molecule has 2 aromatic carbocycles.